The Bertz CT molecular complexity index is 1060. The number of nitrogens with zero attached hydrogens (tertiary/aromatic N) is 4. The summed E-state index contributed by atoms with van der Waals surface area (Å²) in [5.41, 5.74) is 2.08. The van der Waals surface area contributed by atoms with E-state index in [2.05, 4.69) is 20.1 Å². The van der Waals surface area contributed by atoms with Crippen LogP contribution in [-0.4, -0.2) is 46.3 Å². The highest BCUT2D eigenvalue weighted by atomic mass is 35.5. The maximum atomic E-state index is 10.1. The van der Waals surface area contributed by atoms with Crippen molar-refractivity contribution < 1.29 is 5.11 Å². The molecule has 0 aliphatic carbocycles. The first-order valence-electron chi connectivity index (χ1n) is 8.73. The Morgan fingerprint density at radius 1 is 1.07 bits per heavy atom. The van der Waals surface area contributed by atoms with Crippen LogP contribution in [0.2, 0.25) is 10.0 Å². The molecule has 0 unspecified atom stereocenters. The van der Waals surface area contributed by atoms with Crippen LogP contribution in [0.4, 0.5) is 11.4 Å². The van der Waals surface area contributed by atoms with Crippen molar-refractivity contribution >= 4 is 62.8 Å². The molecule has 0 spiro atoms. The molecule has 0 amide bonds. The van der Waals surface area contributed by atoms with Gasteiger partial charge in [-0.05, 0) is 42.5 Å². The lowest BCUT2D eigenvalue weighted by molar-refractivity contribution is 0.387. The molecule has 2 aromatic carbocycles. The second-order valence-electron chi connectivity index (χ2n) is 6.42. The second kappa shape index (κ2) is 7.95. The van der Waals surface area contributed by atoms with Crippen molar-refractivity contribution in [3.05, 3.63) is 52.5 Å². The highest BCUT2D eigenvalue weighted by Crippen LogP contribution is 2.36. The lowest BCUT2D eigenvalue weighted by Crippen LogP contribution is -2.47. The molecule has 1 fully saturated rings. The molecule has 2 N–H and O–H groups in total. The molecule has 2 heterocycles. The molecule has 28 heavy (non-hydrogen) atoms. The highest BCUT2D eigenvalue weighted by molar-refractivity contribution is 7.80. The van der Waals surface area contributed by atoms with Crippen molar-refractivity contribution in [2.24, 2.45) is 10.2 Å². The highest BCUT2D eigenvalue weighted by Gasteiger charge is 2.20. The smallest absolute Gasteiger partial charge is 0.218 e. The van der Waals surface area contributed by atoms with E-state index in [-0.39, 0.29) is 5.88 Å². The van der Waals surface area contributed by atoms with E-state index >= 15 is 0 Å². The zero-order chi connectivity index (χ0) is 19.7. The average molecular weight is 434 g/mol. The molecule has 6 nitrogen and oxygen atoms in total. The first-order chi connectivity index (χ1) is 13.5. The first kappa shape index (κ1) is 19.0. The number of halogens is 2. The molecule has 0 atom stereocenters. The summed E-state index contributed by atoms with van der Waals surface area (Å²) in [5.74, 6) is -0.0626. The maximum Gasteiger partial charge on any atom is 0.218 e. The summed E-state index contributed by atoms with van der Waals surface area (Å²) < 4.78 is 0. The fourth-order valence-corrected chi connectivity index (χ4v) is 3.89. The fourth-order valence-electron chi connectivity index (χ4n) is 3.24. The fraction of sp³-hybridized carbons (Fsp3) is 0.211. The molecule has 0 bridgehead atoms. The van der Waals surface area contributed by atoms with E-state index in [1.165, 1.54) is 0 Å². The van der Waals surface area contributed by atoms with Crippen LogP contribution in [0.1, 0.15) is 0 Å². The van der Waals surface area contributed by atoms with Gasteiger partial charge in [-0.1, -0.05) is 35.3 Å². The van der Waals surface area contributed by atoms with Gasteiger partial charge >= 0.3 is 0 Å². The van der Waals surface area contributed by atoms with Crippen LogP contribution in [0, 0.1) is 0 Å². The minimum absolute atomic E-state index is 0.0626. The number of aromatic nitrogens is 1. The van der Waals surface area contributed by atoms with Crippen LogP contribution in [0.15, 0.2) is 52.7 Å². The zero-order valence-corrected chi connectivity index (χ0v) is 17.1. The number of fused-ring (bicyclic) bond motifs is 1. The van der Waals surface area contributed by atoms with Gasteiger partial charge in [0, 0.05) is 36.6 Å². The molecule has 1 saturated heterocycles. The van der Waals surface area contributed by atoms with Gasteiger partial charge in [-0.2, -0.15) is 0 Å². The monoisotopic (exact) mass is 433 g/mol. The van der Waals surface area contributed by atoms with Crippen molar-refractivity contribution in [3.8, 4) is 5.88 Å². The van der Waals surface area contributed by atoms with Gasteiger partial charge in [-0.15, -0.1) is 10.2 Å². The number of nitrogens with one attached hydrogen (secondary N) is 1. The van der Waals surface area contributed by atoms with Gasteiger partial charge in [0.1, 0.15) is 0 Å². The lowest BCUT2D eigenvalue weighted by Gasteiger charge is -2.36. The van der Waals surface area contributed by atoms with Gasteiger partial charge in [0.05, 0.1) is 16.2 Å². The Kier molecular flexibility index (Phi) is 5.39. The molecule has 1 aliphatic heterocycles. The number of hydrogen-bond donors (Lipinski definition) is 2. The Balaban J connectivity index is 1.45. The zero-order valence-electron chi connectivity index (χ0n) is 14.8. The van der Waals surface area contributed by atoms with Crippen LogP contribution in [0.3, 0.4) is 0 Å². The first-order valence-corrected chi connectivity index (χ1v) is 9.89. The van der Waals surface area contributed by atoms with Gasteiger partial charge in [-0.3, -0.25) is 0 Å². The number of benzene rings is 2. The number of azo groups is 1. The largest absolute Gasteiger partial charge is 0.493 e. The van der Waals surface area contributed by atoms with Crippen LogP contribution >= 0.6 is 35.4 Å². The van der Waals surface area contributed by atoms with Crippen LogP contribution < -0.4 is 4.90 Å². The molecule has 9 heteroatoms. The maximum absolute atomic E-state index is 10.1. The SMILES string of the molecule is Oc1[nH]c2ccc(Cl)cc2c1N=NC(=S)N1CCN(c2ccccc2Cl)CC1. The van der Waals surface area contributed by atoms with Crippen molar-refractivity contribution in [1.29, 1.82) is 0 Å². The van der Waals surface area contributed by atoms with Crippen molar-refractivity contribution in [1.82, 2.24) is 9.88 Å². The lowest BCUT2D eigenvalue weighted by atomic mass is 10.2. The van der Waals surface area contributed by atoms with Gasteiger partial charge in [0.25, 0.3) is 0 Å². The minimum atomic E-state index is -0.0626. The quantitative estimate of drug-likeness (QED) is 0.420. The van der Waals surface area contributed by atoms with Crippen LogP contribution in [0.5, 0.6) is 5.88 Å². The number of anilines is 1. The minimum Gasteiger partial charge on any atom is -0.493 e. The number of H-pyrrole nitrogens is 1. The Morgan fingerprint density at radius 3 is 2.57 bits per heavy atom. The summed E-state index contributed by atoms with van der Waals surface area (Å²) in [6.07, 6.45) is 0. The molecule has 0 radical (unpaired) electrons. The third kappa shape index (κ3) is 3.78. The average Bonchev–Trinajstić information content (AvgIpc) is 3.01. The van der Waals surface area contributed by atoms with Crippen molar-refractivity contribution in [2.75, 3.05) is 31.1 Å². The van der Waals surface area contributed by atoms with Crippen molar-refractivity contribution in [2.45, 2.75) is 0 Å². The van der Waals surface area contributed by atoms with Crippen LogP contribution in [0.25, 0.3) is 10.9 Å². The van der Waals surface area contributed by atoms with Gasteiger partial charge in [-0.25, -0.2) is 0 Å². The van der Waals surface area contributed by atoms with Crippen LogP contribution in [-0.2, 0) is 0 Å². The Labute approximate surface area is 177 Å². The summed E-state index contributed by atoms with van der Waals surface area (Å²) in [6.45, 7) is 3.00. The summed E-state index contributed by atoms with van der Waals surface area (Å²) in [4.78, 5) is 7.07. The Hall–Kier alpha value is -2.35. The summed E-state index contributed by atoms with van der Waals surface area (Å²) in [5, 5.41) is 20.8. The van der Waals surface area contributed by atoms with Gasteiger partial charge in [0.2, 0.25) is 11.0 Å². The van der Waals surface area contributed by atoms with E-state index in [1.54, 1.807) is 18.2 Å². The molecule has 1 aromatic heterocycles. The number of piperazine rings is 1. The van der Waals surface area contributed by atoms with E-state index < -0.39 is 0 Å². The summed E-state index contributed by atoms with van der Waals surface area (Å²) in [6, 6.07) is 13.1. The number of aromatic hydroxyl groups is 1. The van der Waals surface area contributed by atoms with E-state index in [4.69, 9.17) is 35.4 Å². The van der Waals surface area contributed by atoms with E-state index in [9.17, 15) is 5.11 Å². The number of para-hydroxylation sites is 1. The van der Waals surface area contributed by atoms with E-state index in [1.807, 2.05) is 29.2 Å². The predicted octanol–water partition coefficient (Wildman–Crippen LogP) is 5.37. The third-order valence-corrected chi connectivity index (χ3v) is 5.59. The van der Waals surface area contributed by atoms with E-state index in [0.29, 0.717) is 21.2 Å². The second-order valence-corrected chi connectivity index (χ2v) is 7.63. The topological polar surface area (TPSA) is 67.2 Å². The molecule has 144 valence electrons. The normalized spacial score (nSPS) is 14.9. The van der Waals surface area contributed by atoms with Gasteiger partial charge < -0.3 is 19.9 Å². The number of thiocarbonyl (C=S) groups is 1. The number of hydrogen-bond acceptors (Lipinski definition) is 4. The third-order valence-electron chi connectivity index (χ3n) is 4.69. The molecule has 4 rings (SSSR count). The van der Waals surface area contributed by atoms with E-state index in [0.717, 1.165) is 42.4 Å². The number of aromatic amines is 1. The molecular formula is C19H17Cl2N5OS. The number of rotatable bonds is 2. The summed E-state index contributed by atoms with van der Waals surface area (Å²) >= 11 is 17.8. The molecule has 1 aliphatic rings. The molecule has 3 aromatic rings. The standard InChI is InChI=1S/C19H17Cl2N5OS/c20-12-5-6-15-13(11-12)17(18(27)22-15)23-24-19(28)26-9-7-25(8-10-26)16-4-2-1-3-14(16)21/h1-6,11,22,27H,7-10H2. The molecule has 0 saturated carbocycles. The predicted molar refractivity (Wildman–Crippen MR) is 117 cm³/mol. The summed E-state index contributed by atoms with van der Waals surface area (Å²) in [7, 11) is 0. The Morgan fingerprint density at radius 2 is 1.82 bits per heavy atom. The van der Waals surface area contributed by atoms with Gasteiger partial charge in [0.15, 0.2) is 5.69 Å². The van der Waals surface area contributed by atoms with Crippen molar-refractivity contribution in [3.63, 3.8) is 0 Å². The molecular weight excluding hydrogens is 417 g/mol.